The van der Waals surface area contributed by atoms with Gasteiger partial charge >= 0.3 is 12.1 Å². The number of aromatic nitrogens is 1. The van der Waals surface area contributed by atoms with Crippen LogP contribution in [0.2, 0.25) is 0 Å². The van der Waals surface area contributed by atoms with Gasteiger partial charge in [0.1, 0.15) is 11.4 Å². The molecule has 0 radical (unpaired) electrons. The van der Waals surface area contributed by atoms with Crippen LogP contribution in [0.1, 0.15) is 33.5 Å². The first-order chi connectivity index (χ1) is 11.3. The lowest BCUT2D eigenvalue weighted by atomic mass is 10.2. The molecule has 0 saturated heterocycles. The zero-order valence-electron chi connectivity index (χ0n) is 12.6. The van der Waals surface area contributed by atoms with Gasteiger partial charge in [0.05, 0.1) is 12.2 Å². The molecule has 0 atom stereocenters. The molecule has 0 unspecified atom stereocenters. The molecule has 24 heavy (non-hydrogen) atoms. The van der Waals surface area contributed by atoms with Gasteiger partial charge in [0, 0.05) is 5.69 Å². The highest BCUT2D eigenvalue weighted by molar-refractivity contribution is 6.03. The third-order valence-corrected chi connectivity index (χ3v) is 2.94. The molecule has 0 fully saturated rings. The molecule has 8 heteroatoms. The minimum atomic E-state index is -4.45. The molecule has 0 spiro atoms. The molecule has 1 heterocycles. The van der Waals surface area contributed by atoms with Gasteiger partial charge in [-0.3, -0.25) is 4.79 Å². The van der Waals surface area contributed by atoms with Crippen LogP contribution in [0.5, 0.6) is 0 Å². The molecule has 2 rings (SSSR count). The highest BCUT2D eigenvalue weighted by atomic mass is 19.4. The molecule has 0 saturated carbocycles. The van der Waals surface area contributed by atoms with Gasteiger partial charge in [0.25, 0.3) is 5.91 Å². The molecule has 0 bridgehead atoms. The van der Waals surface area contributed by atoms with E-state index in [0.29, 0.717) is 0 Å². The van der Waals surface area contributed by atoms with Gasteiger partial charge in [-0.25, -0.2) is 9.78 Å². The molecule has 0 aliphatic heterocycles. The number of carbonyl (C=O) groups excluding carboxylic acids is 2. The molecular formula is C16H13F3N2O3. The van der Waals surface area contributed by atoms with Crippen molar-refractivity contribution < 1.29 is 27.5 Å². The van der Waals surface area contributed by atoms with E-state index in [2.05, 4.69) is 10.3 Å². The molecule has 1 amide bonds. The van der Waals surface area contributed by atoms with Crippen molar-refractivity contribution in [2.45, 2.75) is 13.1 Å². The Labute approximate surface area is 135 Å². The molecule has 0 aliphatic carbocycles. The van der Waals surface area contributed by atoms with Crippen molar-refractivity contribution in [2.24, 2.45) is 0 Å². The Bertz CT molecular complexity index is 743. The molecule has 1 aromatic carbocycles. The van der Waals surface area contributed by atoms with Crippen LogP contribution in [-0.2, 0) is 10.9 Å². The fourth-order valence-electron chi connectivity index (χ4n) is 1.82. The van der Waals surface area contributed by atoms with Crippen molar-refractivity contribution in [2.75, 3.05) is 11.9 Å². The summed E-state index contributed by atoms with van der Waals surface area (Å²) < 4.78 is 42.3. The number of hydrogen-bond acceptors (Lipinski definition) is 4. The van der Waals surface area contributed by atoms with Gasteiger partial charge in [-0.1, -0.05) is 6.07 Å². The van der Waals surface area contributed by atoms with Crippen molar-refractivity contribution in [1.82, 2.24) is 4.98 Å². The molecule has 126 valence electrons. The lowest BCUT2D eigenvalue weighted by molar-refractivity contribution is -0.137. The van der Waals surface area contributed by atoms with Gasteiger partial charge in [0.15, 0.2) is 0 Å². The van der Waals surface area contributed by atoms with Crippen LogP contribution in [0.15, 0.2) is 42.5 Å². The summed E-state index contributed by atoms with van der Waals surface area (Å²) in [5, 5.41) is 2.41. The third-order valence-electron chi connectivity index (χ3n) is 2.94. The van der Waals surface area contributed by atoms with E-state index in [-0.39, 0.29) is 23.7 Å². The summed E-state index contributed by atoms with van der Waals surface area (Å²) in [6.07, 6.45) is -4.45. The van der Waals surface area contributed by atoms with Crippen molar-refractivity contribution >= 4 is 17.6 Å². The number of hydrogen-bond donors (Lipinski definition) is 1. The second-order valence-electron chi connectivity index (χ2n) is 4.66. The minimum Gasteiger partial charge on any atom is -0.461 e. The Hall–Kier alpha value is -2.90. The average Bonchev–Trinajstić information content (AvgIpc) is 2.55. The number of halogens is 3. The number of nitrogens with one attached hydrogen (secondary N) is 1. The van der Waals surface area contributed by atoms with Gasteiger partial charge in [-0.05, 0) is 43.3 Å². The van der Waals surface area contributed by atoms with E-state index in [1.165, 1.54) is 18.2 Å². The first-order valence-electron chi connectivity index (χ1n) is 6.94. The maximum absolute atomic E-state index is 12.5. The normalized spacial score (nSPS) is 11.0. The number of benzene rings is 1. The Kier molecular flexibility index (Phi) is 5.18. The zero-order chi connectivity index (χ0) is 17.7. The minimum absolute atomic E-state index is 0.0306. The number of esters is 1. The van der Waals surface area contributed by atoms with E-state index in [4.69, 9.17) is 4.74 Å². The summed E-state index contributed by atoms with van der Waals surface area (Å²) in [4.78, 5) is 27.5. The summed E-state index contributed by atoms with van der Waals surface area (Å²) >= 11 is 0. The van der Waals surface area contributed by atoms with E-state index < -0.39 is 23.6 Å². The fourth-order valence-corrected chi connectivity index (χ4v) is 1.82. The van der Waals surface area contributed by atoms with Crippen LogP contribution in [0.25, 0.3) is 0 Å². The van der Waals surface area contributed by atoms with E-state index in [9.17, 15) is 22.8 Å². The first-order valence-corrected chi connectivity index (χ1v) is 6.94. The number of pyridine rings is 1. The Balaban J connectivity index is 2.12. The number of ether oxygens (including phenoxy) is 1. The number of alkyl halides is 3. The molecule has 1 aromatic heterocycles. The van der Waals surface area contributed by atoms with Crippen molar-refractivity contribution in [3.05, 3.63) is 59.4 Å². The summed E-state index contributed by atoms with van der Waals surface area (Å²) in [5.41, 5.74) is -0.725. The van der Waals surface area contributed by atoms with Crippen LogP contribution in [0.4, 0.5) is 18.9 Å². The highest BCUT2D eigenvalue weighted by Crippen LogP contribution is 2.29. The van der Waals surface area contributed by atoms with Crippen LogP contribution >= 0.6 is 0 Å². The summed E-state index contributed by atoms with van der Waals surface area (Å²) in [5.74, 6) is -1.32. The van der Waals surface area contributed by atoms with Gasteiger partial charge in [-0.15, -0.1) is 0 Å². The number of carbonyl (C=O) groups is 2. The Morgan fingerprint density at radius 2 is 1.71 bits per heavy atom. The van der Waals surface area contributed by atoms with E-state index >= 15 is 0 Å². The van der Waals surface area contributed by atoms with Crippen LogP contribution < -0.4 is 5.32 Å². The van der Waals surface area contributed by atoms with Gasteiger partial charge < -0.3 is 10.1 Å². The first kappa shape index (κ1) is 17.5. The van der Waals surface area contributed by atoms with E-state index in [1.807, 2.05) is 0 Å². The maximum Gasteiger partial charge on any atom is 0.416 e. The largest absolute Gasteiger partial charge is 0.461 e. The molecule has 5 nitrogen and oxygen atoms in total. The SMILES string of the molecule is CCOC(=O)c1cccc(C(=O)Nc2ccc(C(F)(F)F)cc2)n1. The van der Waals surface area contributed by atoms with Crippen molar-refractivity contribution in [3.63, 3.8) is 0 Å². The standard InChI is InChI=1S/C16H13F3N2O3/c1-2-24-15(23)13-5-3-4-12(21-13)14(22)20-11-8-6-10(7-9-11)16(17,18)19/h3-9H,2H2,1H3,(H,20,22). The quantitative estimate of drug-likeness (QED) is 0.866. The van der Waals surface area contributed by atoms with E-state index in [0.717, 1.165) is 24.3 Å². The topological polar surface area (TPSA) is 68.3 Å². The number of anilines is 1. The number of rotatable bonds is 4. The smallest absolute Gasteiger partial charge is 0.416 e. The third kappa shape index (κ3) is 4.31. The predicted molar refractivity (Wildman–Crippen MR) is 79.6 cm³/mol. The number of nitrogens with zero attached hydrogens (tertiary/aromatic N) is 1. The fraction of sp³-hybridized carbons (Fsp3) is 0.188. The van der Waals surface area contributed by atoms with Crippen LogP contribution in [0.3, 0.4) is 0 Å². The Morgan fingerprint density at radius 3 is 2.29 bits per heavy atom. The lowest BCUT2D eigenvalue weighted by Crippen LogP contribution is -2.16. The number of amides is 1. The highest BCUT2D eigenvalue weighted by Gasteiger charge is 2.30. The van der Waals surface area contributed by atoms with Gasteiger partial charge in [-0.2, -0.15) is 13.2 Å². The molecule has 2 aromatic rings. The maximum atomic E-state index is 12.5. The summed E-state index contributed by atoms with van der Waals surface area (Å²) in [6, 6.07) is 8.22. The van der Waals surface area contributed by atoms with E-state index in [1.54, 1.807) is 6.92 Å². The van der Waals surface area contributed by atoms with Crippen molar-refractivity contribution in [1.29, 1.82) is 0 Å². The Morgan fingerprint density at radius 1 is 1.08 bits per heavy atom. The zero-order valence-corrected chi connectivity index (χ0v) is 12.6. The molecule has 1 N–H and O–H groups in total. The second-order valence-corrected chi connectivity index (χ2v) is 4.66. The monoisotopic (exact) mass is 338 g/mol. The lowest BCUT2D eigenvalue weighted by Gasteiger charge is -2.09. The summed E-state index contributed by atoms with van der Waals surface area (Å²) in [6.45, 7) is 1.81. The second kappa shape index (κ2) is 7.12. The van der Waals surface area contributed by atoms with Crippen LogP contribution in [-0.4, -0.2) is 23.5 Å². The molecular weight excluding hydrogens is 325 g/mol. The molecule has 0 aliphatic rings. The van der Waals surface area contributed by atoms with Crippen molar-refractivity contribution in [3.8, 4) is 0 Å². The van der Waals surface area contributed by atoms with Gasteiger partial charge in [0.2, 0.25) is 0 Å². The van der Waals surface area contributed by atoms with Crippen LogP contribution in [0, 0.1) is 0 Å². The average molecular weight is 338 g/mol. The summed E-state index contributed by atoms with van der Waals surface area (Å²) in [7, 11) is 0. The predicted octanol–water partition coefficient (Wildman–Crippen LogP) is 3.53.